The van der Waals surface area contributed by atoms with Gasteiger partial charge in [-0.15, -0.1) is 12.4 Å². The molecule has 0 radical (unpaired) electrons. The number of sulfone groups is 1. The Morgan fingerprint density at radius 3 is 2.23 bits per heavy atom. The summed E-state index contributed by atoms with van der Waals surface area (Å²) in [5, 5.41) is 2.72. The van der Waals surface area contributed by atoms with Gasteiger partial charge in [0, 0.05) is 24.6 Å². The number of hydrogen-bond acceptors (Lipinski definition) is 6. The zero-order valence-electron chi connectivity index (χ0n) is 15.7. The largest absolute Gasteiger partial charge is 0.493 e. The molecule has 0 aliphatic rings. The van der Waals surface area contributed by atoms with Crippen LogP contribution in [0.5, 0.6) is 11.5 Å². The topological polar surface area (TPSA) is 108 Å². The standard InChI is InChI=1S/C17H28N2O5S.ClH/c1-5-17(18,6-2)12-19-16(20)9-10-25(21,22)13-7-8-14(23-3)15(11-13)24-4;/h7-8,11H,5-6,9-10,12,18H2,1-4H3,(H,19,20);1H. The summed E-state index contributed by atoms with van der Waals surface area (Å²) >= 11 is 0. The van der Waals surface area contributed by atoms with Crippen molar-refractivity contribution in [3.05, 3.63) is 18.2 Å². The summed E-state index contributed by atoms with van der Waals surface area (Å²) in [4.78, 5) is 12.0. The van der Waals surface area contributed by atoms with Crippen molar-refractivity contribution in [1.82, 2.24) is 5.32 Å². The van der Waals surface area contributed by atoms with Gasteiger partial charge < -0.3 is 20.5 Å². The van der Waals surface area contributed by atoms with E-state index in [2.05, 4.69) is 5.32 Å². The van der Waals surface area contributed by atoms with Crippen molar-refractivity contribution in [2.45, 2.75) is 43.5 Å². The van der Waals surface area contributed by atoms with Gasteiger partial charge in [-0.1, -0.05) is 13.8 Å². The Bertz CT molecular complexity index is 690. The molecular formula is C17H29ClN2O5S. The van der Waals surface area contributed by atoms with Crippen LogP contribution in [-0.4, -0.2) is 46.4 Å². The van der Waals surface area contributed by atoms with Crippen molar-refractivity contribution in [3.63, 3.8) is 0 Å². The molecule has 3 N–H and O–H groups in total. The van der Waals surface area contributed by atoms with Crippen LogP contribution in [0.1, 0.15) is 33.1 Å². The predicted octanol–water partition coefficient (Wildman–Crippen LogP) is 1.92. The van der Waals surface area contributed by atoms with Crippen LogP contribution in [0, 0.1) is 0 Å². The number of amides is 1. The van der Waals surface area contributed by atoms with Crippen molar-refractivity contribution in [2.75, 3.05) is 26.5 Å². The maximum absolute atomic E-state index is 12.4. The molecular weight excluding hydrogens is 380 g/mol. The number of benzene rings is 1. The maximum Gasteiger partial charge on any atom is 0.221 e. The second-order valence-corrected chi connectivity index (χ2v) is 8.04. The second-order valence-electron chi connectivity index (χ2n) is 5.93. The van der Waals surface area contributed by atoms with Gasteiger partial charge in [0.25, 0.3) is 0 Å². The average molecular weight is 409 g/mol. The molecule has 0 atom stereocenters. The van der Waals surface area contributed by atoms with E-state index in [4.69, 9.17) is 15.2 Å². The van der Waals surface area contributed by atoms with E-state index in [0.717, 1.165) is 12.8 Å². The quantitative estimate of drug-likeness (QED) is 0.612. The number of hydrogen-bond donors (Lipinski definition) is 2. The van der Waals surface area contributed by atoms with Crippen LogP contribution in [0.2, 0.25) is 0 Å². The Morgan fingerprint density at radius 1 is 1.15 bits per heavy atom. The molecule has 1 aromatic rings. The number of carbonyl (C=O) groups is 1. The van der Waals surface area contributed by atoms with E-state index in [1.165, 1.54) is 32.4 Å². The summed E-state index contributed by atoms with van der Waals surface area (Å²) < 4.78 is 35.0. The number of nitrogens with two attached hydrogens (primary N) is 1. The first-order valence-electron chi connectivity index (χ1n) is 8.21. The van der Waals surface area contributed by atoms with Crippen LogP contribution < -0.4 is 20.5 Å². The van der Waals surface area contributed by atoms with Crippen LogP contribution in [-0.2, 0) is 14.6 Å². The third kappa shape index (κ3) is 6.66. The van der Waals surface area contributed by atoms with Gasteiger partial charge in [-0.3, -0.25) is 4.79 Å². The molecule has 0 aromatic heterocycles. The lowest BCUT2D eigenvalue weighted by atomic mass is 9.94. The highest BCUT2D eigenvalue weighted by Gasteiger charge is 2.22. The van der Waals surface area contributed by atoms with Crippen molar-refractivity contribution in [3.8, 4) is 11.5 Å². The van der Waals surface area contributed by atoms with E-state index in [9.17, 15) is 13.2 Å². The van der Waals surface area contributed by atoms with E-state index >= 15 is 0 Å². The van der Waals surface area contributed by atoms with Gasteiger partial charge in [-0.25, -0.2) is 8.42 Å². The fraction of sp³-hybridized carbons (Fsp3) is 0.588. The van der Waals surface area contributed by atoms with Crippen molar-refractivity contribution in [2.24, 2.45) is 5.73 Å². The van der Waals surface area contributed by atoms with Crippen molar-refractivity contribution < 1.29 is 22.7 Å². The number of ether oxygens (including phenoxy) is 2. The van der Waals surface area contributed by atoms with E-state index in [1.54, 1.807) is 0 Å². The summed E-state index contributed by atoms with van der Waals surface area (Å²) in [6.45, 7) is 4.24. The molecule has 0 heterocycles. The third-order valence-electron chi connectivity index (χ3n) is 4.36. The molecule has 0 unspecified atom stereocenters. The minimum Gasteiger partial charge on any atom is -0.493 e. The highest BCUT2D eigenvalue weighted by atomic mass is 35.5. The average Bonchev–Trinajstić information content (AvgIpc) is 2.63. The van der Waals surface area contributed by atoms with Crippen LogP contribution in [0.3, 0.4) is 0 Å². The molecule has 7 nitrogen and oxygen atoms in total. The van der Waals surface area contributed by atoms with E-state index < -0.39 is 15.4 Å². The first-order valence-corrected chi connectivity index (χ1v) is 9.87. The highest BCUT2D eigenvalue weighted by molar-refractivity contribution is 7.91. The summed E-state index contributed by atoms with van der Waals surface area (Å²) in [6, 6.07) is 4.36. The fourth-order valence-corrected chi connectivity index (χ4v) is 3.47. The first kappa shape index (κ1) is 24.5. The van der Waals surface area contributed by atoms with Crippen LogP contribution >= 0.6 is 12.4 Å². The van der Waals surface area contributed by atoms with Gasteiger partial charge in [0.1, 0.15) is 0 Å². The van der Waals surface area contributed by atoms with Gasteiger partial charge in [0.05, 0.1) is 24.9 Å². The first-order chi connectivity index (χ1) is 11.7. The lowest BCUT2D eigenvalue weighted by Gasteiger charge is -2.26. The Labute approximate surface area is 162 Å². The van der Waals surface area contributed by atoms with E-state index in [1.807, 2.05) is 13.8 Å². The zero-order valence-corrected chi connectivity index (χ0v) is 17.3. The highest BCUT2D eigenvalue weighted by Crippen LogP contribution is 2.29. The lowest BCUT2D eigenvalue weighted by molar-refractivity contribution is -0.121. The van der Waals surface area contributed by atoms with Crippen molar-refractivity contribution >= 4 is 28.2 Å². The molecule has 0 aliphatic heterocycles. The summed E-state index contributed by atoms with van der Waals surface area (Å²) in [5.41, 5.74) is 5.66. The van der Waals surface area contributed by atoms with Gasteiger partial charge in [-0.05, 0) is 25.0 Å². The minimum atomic E-state index is -3.61. The summed E-state index contributed by atoms with van der Waals surface area (Å²) in [6.07, 6.45) is 1.33. The normalized spacial score (nSPS) is 11.4. The van der Waals surface area contributed by atoms with Crippen molar-refractivity contribution in [1.29, 1.82) is 0 Å². The smallest absolute Gasteiger partial charge is 0.221 e. The molecule has 0 spiro atoms. The maximum atomic E-state index is 12.4. The summed E-state index contributed by atoms with van der Waals surface area (Å²) in [7, 11) is -0.700. The van der Waals surface area contributed by atoms with Gasteiger partial charge in [-0.2, -0.15) is 0 Å². The van der Waals surface area contributed by atoms with E-state index in [0.29, 0.717) is 18.0 Å². The number of halogens is 1. The Hall–Kier alpha value is -1.51. The zero-order chi connectivity index (χ0) is 19.1. The fourth-order valence-electron chi connectivity index (χ4n) is 2.22. The van der Waals surface area contributed by atoms with Gasteiger partial charge in [0.15, 0.2) is 21.3 Å². The number of carbonyl (C=O) groups excluding carboxylic acids is 1. The molecule has 0 fully saturated rings. The van der Waals surface area contributed by atoms with Gasteiger partial charge >= 0.3 is 0 Å². The number of methoxy groups -OCH3 is 2. The van der Waals surface area contributed by atoms with Crippen LogP contribution in [0.4, 0.5) is 0 Å². The van der Waals surface area contributed by atoms with E-state index in [-0.39, 0.29) is 35.4 Å². The monoisotopic (exact) mass is 408 g/mol. The Balaban J connectivity index is 0.00000625. The van der Waals surface area contributed by atoms with Crippen LogP contribution in [0.25, 0.3) is 0 Å². The Kier molecular flexibility index (Phi) is 9.98. The molecule has 0 saturated carbocycles. The minimum absolute atomic E-state index is 0. The molecule has 26 heavy (non-hydrogen) atoms. The predicted molar refractivity (Wildman–Crippen MR) is 104 cm³/mol. The summed E-state index contributed by atoms with van der Waals surface area (Å²) in [5.74, 6) is 0.148. The molecule has 0 bridgehead atoms. The SMILES string of the molecule is CCC(N)(CC)CNC(=O)CCS(=O)(=O)c1ccc(OC)c(OC)c1.Cl. The van der Waals surface area contributed by atoms with Gasteiger partial charge in [0.2, 0.25) is 5.91 Å². The number of nitrogens with one attached hydrogen (secondary N) is 1. The lowest BCUT2D eigenvalue weighted by Crippen LogP contribution is -2.49. The number of rotatable bonds is 10. The van der Waals surface area contributed by atoms with Crippen LogP contribution in [0.15, 0.2) is 23.1 Å². The second kappa shape index (κ2) is 10.6. The molecule has 1 rings (SSSR count). The third-order valence-corrected chi connectivity index (χ3v) is 6.07. The molecule has 1 aromatic carbocycles. The molecule has 1 amide bonds. The molecule has 150 valence electrons. The Morgan fingerprint density at radius 2 is 1.73 bits per heavy atom. The molecule has 0 aliphatic carbocycles. The molecule has 0 saturated heterocycles. The molecule has 9 heteroatoms.